The van der Waals surface area contributed by atoms with Crippen LogP contribution in [0.5, 0.6) is 5.75 Å². The molecule has 5 heteroatoms. The van der Waals surface area contributed by atoms with E-state index in [2.05, 4.69) is 6.07 Å². The Balaban J connectivity index is 0.00000144. The Morgan fingerprint density at radius 3 is 2.44 bits per heavy atom. The SMILES string of the molecule is Fc1cc[c-]c(OCc2cccc(F)c2)c1.[Br-].[Mg+2]. The van der Waals surface area contributed by atoms with Gasteiger partial charge in [0.1, 0.15) is 12.4 Å². The quantitative estimate of drug-likeness (QED) is 0.569. The van der Waals surface area contributed by atoms with Gasteiger partial charge < -0.3 is 21.7 Å². The van der Waals surface area contributed by atoms with Crippen molar-refractivity contribution in [3.8, 4) is 5.75 Å². The topological polar surface area (TPSA) is 9.23 Å². The maximum absolute atomic E-state index is 12.8. The molecule has 0 amide bonds. The van der Waals surface area contributed by atoms with Crippen molar-refractivity contribution in [1.82, 2.24) is 0 Å². The van der Waals surface area contributed by atoms with E-state index in [1.807, 2.05) is 0 Å². The van der Waals surface area contributed by atoms with Crippen LogP contribution in [0.15, 0.2) is 42.5 Å². The molecule has 0 aromatic heterocycles. The van der Waals surface area contributed by atoms with E-state index in [1.165, 1.54) is 30.3 Å². The van der Waals surface area contributed by atoms with Gasteiger partial charge in [0.05, 0.1) is 0 Å². The molecule has 0 unspecified atom stereocenters. The van der Waals surface area contributed by atoms with Gasteiger partial charge in [0.25, 0.3) is 0 Å². The van der Waals surface area contributed by atoms with Gasteiger partial charge in [-0.25, -0.2) is 8.78 Å². The van der Waals surface area contributed by atoms with Crippen LogP contribution in [-0.2, 0) is 6.61 Å². The van der Waals surface area contributed by atoms with Crippen molar-refractivity contribution < 1.29 is 30.5 Å². The molecule has 0 heterocycles. The molecule has 0 fully saturated rings. The molecule has 0 saturated heterocycles. The van der Waals surface area contributed by atoms with Crippen molar-refractivity contribution in [2.45, 2.75) is 6.61 Å². The van der Waals surface area contributed by atoms with Crippen LogP contribution in [-0.4, -0.2) is 23.1 Å². The first-order valence-corrected chi connectivity index (χ1v) is 4.78. The Hall–Kier alpha value is -0.654. The zero-order valence-electron chi connectivity index (χ0n) is 9.50. The minimum absolute atomic E-state index is 0. The Labute approximate surface area is 131 Å². The van der Waals surface area contributed by atoms with Crippen molar-refractivity contribution in [3.05, 3.63) is 65.7 Å². The number of ether oxygens (including phenoxy) is 1. The van der Waals surface area contributed by atoms with E-state index in [4.69, 9.17) is 4.74 Å². The van der Waals surface area contributed by atoms with Crippen LogP contribution in [0.25, 0.3) is 0 Å². The van der Waals surface area contributed by atoms with Gasteiger partial charge in [0.15, 0.2) is 0 Å². The zero-order valence-corrected chi connectivity index (χ0v) is 12.5. The first-order chi connectivity index (χ1) is 7.74. The third-order valence-electron chi connectivity index (χ3n) is 2.02. The number of halogens is 3. The number of rotatable bonds is 3. The largest absolute Gasteiger partial charge is 2.00 e. The maximum atomic E-state index is 12.8. The van der Waals surface area contributed by atoms with Gasteiger partial charge in [-0.2, -0.15) is 6.07 Å². The van der Waals surface area contributed by atoms with E-state index in [-0.39, 0.29) is 58.3 Å². The van der Waals surface area contributed by atoms with E-state index >= 15 is 0 Å². The second-order valence-electron chi connectivity index (χ2n) is 3.29. The van der Waals surface area contributed by atoms with Gasteiger partial charge in [0.2, 0.25) is 0 Å². The van der Waals surface area contributed by atoms with Gasteiger partial charge >= 0.3 is 23.1 Å². The summed E-state index contributed by atoms with van der Waals surface area (Å²) in [5.74, 6) is -0.387. The Morgan fingerprint density at radius 1 is 1.06 bits per heavy atom. The molecule has 2 aromatic carbocycles. The average molecular weight is 323 g/mol. The van der Waals surface area contributed by atoms with E-state index < -0.39 is 0 Å². The monoisotopic (exact) mass is 322 g/mol. The summed E-state index contributed by atoms with van der Waals surface area (Å²) in [5.41, 5.74) is 0.692. The molecule has 0 aliphatic heterocycles. The van der Waals surface area contributed by atoms with Crippen LogP contribution < -0.4 is 21.7 Å². The molecule has 0 atom stereocenters. The molecule has 1 nitrogen and oxygen atoms in total. The Bertz CT molecular complexity index is 448. The van der Waals surface area contributed by atoms with Crippen molar-refractivity contribution >= 4 is 23.1 Å². The van der Waals surface area contributed by atoms with Gasteiger partial charge in [0, 0.05) is 11.6 Å². The molecule has 0 bridgehead atoms. The third kappa shape index (κ3) is 5.33. The summed E-state index contributed by atoms with van der Waals surface area (Å²) in [6, 6.07) is 12.8. The van der Waals surface area contributed by atoms with Crippen LogP contribution in [0.4, 0.5) is 8.78 Å². The molecule has 0 spiro atoms. The van der Waals surface area contributed by atoms with Crippen LogP contribution in [0.3, 0.4) is 0 Å². The molecule has 0 radical (unpaired) electrons. The van der Waals surface area contributed by atoms with E-state index in [1.54, 1.807) is 12.1 Å². The number of benzene rings is 2. The van der Waals surface area contributed by atoms with E-state index in [9.17, 15) is 8.78 Å². The van der Waals surface area contributed by atoms with Crippen LogP contribution in [0.2, 0.25) is 0 Å². The summed E-state index contributed by atoms with van der Waals surface area (Å²) in [5, 5.41) is 0. The fourth-order valence-electron chi connectivity index (χ4n) is 1.29. The fourth-order valence-corrected chi connectivity index (χ4v) is 1.29. The zero-order chi connectivity index (χ0) is 11.4. The minimum Gasteiger partial charge on any atom is -1.00 e. The van der Waals surface area contributed by atoms with Gasteiger partial charge in [-0.1, -0.05) is 18.2 Å². The standard InChI is InChI=1S/C13H9F2O.BrH.Mg/c14-11-4-1-3-10(7-11)9-16-13-6-2-5-12(15)8-13;;/h1-5,7-8H,9H2;1H;/q-1;;+2/p-1. The first kappa shape index (κ1) is 17.3. The Kier molecular flexibility index (Phi) is 8.14. The summed E-state index contributed by atoms with van der Waals surface area (Å²) in [6.07, 6.45) is 0. The average Bonchev–Trinajstić information content (AvgIpc) is 2.27. The van der Waals surface area contributed by atoms with Crippen molar-refractivity contribution in [2.24, 2.45) is 0 Å². The predicted molar refractivity (Wildman–Crippen MR) is 61.7 cm³/mol. The molecular formula is C13H9BrF2MgO. The second kappa shape index (κ2) is 8.45. The molecule has 0 N–H and O–H groups in total. The van der Waals surface area contributed by atoms with E-state index in [0.29, 0.717) is 11.3 Å². The molecule has 2 rings (SSSR count). The molecule has 0 aliphatic carbocycles. The molecule has 0 saturated carbocycles. The van der Waals surface area contributed by atoms with Gasteiger partial charge in [-0.15, -0.1) is 12.1 Å². The van der Waals surface area contributed by atoms with Gasteiger partial charge in [-0.05, 0) is 17.7 Å². The molecule has 0 aliphatic rings. The molecule has 2 aromatic rings. The van der Waals surface area contributed by atoms with Crippen LogP contribution >= 0.6 is 0 Å². The first-order valence-electron chi connectivity index (χ1n) is 4.78. The van der Waals surface area contributed by atoms with Crippen molar-refractivity contribution in [3.63, 3.8) is 0 Å². The molecule has 18 heavy (non-hydrogen) atoms. The summed E-state index contributed by atoms with van der Waals surface area (Å²) in [4.78, 5) is 0. The molecule has 90 valence electrons. The maximum Gasteiger partial charge on any atom is 2.00 e. The smallest absolute Gasteiger partial charge is 1.00 e. The Morgan fingerprint density at radius 2 is 1.78 bits per heavy atom. The van der Waals surface area contributed by atoms with Crippen LogP contribution in [0.1, 0.15) is 5.56 Å². The third-order valence-corrected chi connectivity index (χ3v) is 2.02. The number of hydrogen-bond donors (Lipinski definition) is 0. The summed E-state index contributed by atoms with van der Waals surface area (Å²) in [7, 11) is 0. The summed E-state index contributed by atoms with van der Waals surface area (Å²) >= 11 is 0. The minimum atomic E-state index is -0.381. The molecular weight excluding hydrogens is 314 g/mol. The fraction of sp³-hybridized carbons (Fsp3) is 0.0769. The van der Waals surface area contributed by atoms with Crippen molar-refractivity contribution in [2.75, 3.05) is 0 Å². The summed E-state index contributed by atoms with van der Waals surface area (Å²) in [6.45, 7) is 0.192. The van der Waals surface area contributed by atoms with E-state index in [0.717, 1.165) is 0 Å². The van der Waals surface area contributed by atoms with Crippen LogP contribution in [0, 0.1) is 17.7 Å². The van der Waals surface area contributed by atoms with Crippen molar-refractivity contribution in [1.29, 1.82) is 0 Å². The van der Waals surface area contributed by atoms with Gasteiger partial charge in [-0.3, -0.25) is 0 Å². The number of hydrogen-bond acceptors (Lipinski definition) is 1. The summed E-state index contributed by atoms with van der Waals surface area (Å²) < 4.78 is 30.9. The predicted octanol–water partition coefficient (Wildman–Crippen LogP) is -0.0328. The second-order valence-corrected chi connectivity index (χ2v) is 3.29. The normalized spacial score (nSPS) is 9.00.